The van der Waals surface area contributed by atoms with Crippen LogP contribution >= 0.6 is 0 Å². The predicted octanol–water partition coefficient (Wildman–Crippen LogP) is -0.766. The predicted molar refractivity (Wildman–Crippen MR) is 61.9 cm³/mol. The van der Waals surface area contributed by atoms with Gasteiger partial charge in [0.25, 0.3) is 0 Å². The van der Waals surface area contributed by atoms with Gasteiger partial charge in [-0.15, -0.1) is 0 Å². The number of hydrogen-bond donors (Lipinski definition) is 5. The first-order valence-electron chi connectivity index (χ1n) is 5.20. The number of hydrogen-bond acceptors (Lipinski definition) is 5. The Morgan fingerprint density at radius 1 is 1.18 bits per heavy atom. The highest BCUT2D eigenvalue weighted by atomic mass is 16.4. The summed E-state index contributed by atoms with van der Waals surface area (Å²) < 4.78 is 0. The molecule has 2 unspecified atom stereocenters. The zero-order valence-electron chi connectivity index (χ0n) is 9.21. The Balaban J connectivity index is 2.31. The lowest BCUT2D eigenvalue weighted by molar-refractivity contribution is -0.124. The van der Waals surface area contributed by atoms with E-state index in [1.807, 2.05) is 6.07 Å². The molecule has 0 saturated carbocycles. The van der Waals surface area contributed by atoms with Crippen LogP contribution < -0.4 is 10.9 Å². The van der Waals surface area contributed by atoms with Crippen LogP contribution in [0.3, 0.4) is 0 Å². The van der Waals surface area contributed by atoms with Crippen molar-refractivity contribution in [2.75, 3.05) is 12.0 Å². The Labute approximate surface area is 98.9 Å². The van der Waals surface area contributed by atoms with Crippen LogP contribution in [0, 0.1) is 0 Å². The van der Waals surface area contributed by atoms with Crippen molar-refractivity contribution in [3.05, 3.63) is 30.3 Å². The normalized spacial score (nSPS) is 13.8. The topological polar surface area (TPSA) is 102 Å². The molecule has 6 heteroatoms. The molecule has 2 atom stereocenters. The Hall–Kier alpha value is -1.63. The molecular weight excluding hydrogens is 224 g/mol. The number of carbonyl (C=O) groups excluding carboxylic acids is 1. The number of para-hydroxylation sites is 1. The molecule has 0 spiro atoms. The highest BCUT2D eigenvalue weighted by Gasteiger charge is 2.18. The second kappa shape index (κ2) is 6.85. The van der Waals surface area contributed by atoms with Crippen molar-refractivity contribution in [2.24, 2.45) is 0 Å². The summed E-state index contributed by atoms with van der Waals surface area (Å²) in [6, 6.07) is 8.98. The zero-order chi connectivity index (χ0) is 12.7. The van der Waals surface area contributed by atoms with Crippen LogP contribution in [0.1, 0.15) is 6.42 Å². The van der Waals surface area contributed by atoms with Gasteiger partial charge in [0.1, 0.15) is 6.10 Å². The van der Waals surface area contributed by atoms with Crippen LogP contribution in [0.4, 0.5) is 5.69 Å². The molecule has 1 amide bonds. The number of aliphatic hydroxyl groups is 3. The summed E-state index contributed by atoms with van der Waals surface area (Å²) in [5.74, 6) is -0.478. The summed E-state index contributed by atoms with van der Waals surface area (Å²) in [6.45, 7) is -0.583. The smallest absolute Gasteiger partial charge is 0.241 e. The number of rotatable bonds is 6. The van der Waals surface area contributed by atoms with Crippen LogP contribution in [0.25, 0.3) is 0 Å². The van der Waals surface area contributed by atoms with Gasteiger partial charge < -0.3 is 15.3 Å². The van der Waals surface area contributed by atoms with Crippen LogP contribution in [0.15, 0.2) is 30.3 Å². The highest BCUT2D eigenvalue weighted by molar-refractivity contribution is 5.77. The Morgan fingerprint density at radius 3 is 2.41 bits per heavy atom. The Morgan fingerprint density at radius 2 is 1.82 bits per heavy atom. The van der Waals surface area contributed by atoms with Gasteiger partial charge in [0.2, 0.25) is 5.91 Å². The van der Waals surface area contributed by atoms with Crippen molar-refractivity contribution in [2.45, 2.75) is 18.6 Å². The number of anilines is 1. The fourth-order valence-corrected chi connectivity index (χ4v) is 1.16. The van der Waals surface area contributed by atoms with Crippen molar-refractivity contribution in [3.63, 3.8) is 0 Å². The van der Waals surface area contributed by atoms with Gasteiger partial charge in [0.15, 0.2) is 0 Å². The van der Waals surface area contributed by atoms with Crippen molar-refractivity contribution in [1.82, 2.24) is 5.43 Å². The van der Waals surface area contributed by atoms with Gasteiger partial charge in [-0.25, -0.2) is 0 Å². The van der Waals surface area contributed by atoms with E-state index in [2.05, 4.69) is 10.9 Å². The van der Waals surface area contributed by atoms with E-state index in [1.165, 1.54) is 0 Å². The van der Waals surface area contributed by atoms with Crippen molar-refractivity contribution >= 4 is 11.6 Å². The fraction of sp³-hybridized carbons (Fsp3) is 0.364. The molecule has 0 bridgehead atoms. The summed E-state index contributed by atoms with van der Waals surface area (Å²) in [4.78, 5) is 11.3. The van der Waals surface area contributed by atoms with Gasteiger partial charge in [-0.3, -0.25) is 15.6 Å². The highest BCUT2D eigenvalue weighted by Crippen LogP contribution is 2.03. The lowest BCUT2D eigenvalue weighted by Gasteiger charge is -2.15. The number of amides is 1. The molecule has 0 aliphatic carbocycles. The van der Waals surface area contributed by atoms with Crippen LogP contribution in [-0.4, -0.2) is 40.0 Å². The molecule has 1 aromatic carbocycles. The molecule has 1 rings (SSSR count). The number of carbonyl (C=O) groups is 1. The summed E-state index contributed by atoms with van der Waals surface area (Å²) in [5.41, 5.74) is 5.73. The van der Waals surface area contributed by atoms with Crippen molar-refractivity contribution in [1.29, 1.82) is 0 Å². The lowest BCUT2D eigenvalue weighted by atomic mass is 10.1. The molecule has 1 aromatic rings. The first kappa shape index (κ1) is 13.4. The average molecular weight is 240 g/mol. The molecule has 0 saturated heterocycles. The molecule has 0 fully saturated rings. The number of benzene rings is 1. The van der Waals surface area contributed by atoms with Gasteiger partial charge in [-0.1, -0.05) is 18.2 Å². The number of aliphatic hydroxyl groups excluding tert-OH is 3. The van der Waals surface area contributed by atoms with E-state index in [0.29, 0.717) is 5.69 Å². The van der Waals surface area contributed by atoms with E-state index in [1.54, 1.807) is 24.3 Å². The fourth-order valence-electron chi connectivity index (χ4n) is 1.16. The molecule has 94 valence electrons. The molecule has 0 heterocycles. The second-order valence-electron chi connectivity index (χ2n) is 3.56. The van der Waals surface area contributed by atoms with Gasteiger partial charge >= 0.3 is 0 Å². The summed E-state index contributed by atoms with van der Waals surface area (Å²) in [6.07, 6.45) is -2.88. The van der Waals surface area contributed by atoms with Crippen molar-refractivity contribution in [3.8, 4) is 0 Å². The minimum Gasteiger partial charge on any atom is -0.394 e. The molecule has 17 heavy (non-hydrogen) atoms. The summed E-state index contributed by atoms with van der Waals surface area (Å²) in [5, 5.41) is 26.9. The monoisotopic (exact) mass is 240 g/mol. The Bertz CT molecular complexity index is 345. The minimum atomic E-state index is -1.31. The summed E-state index contributed by atoms with van der Waals surface area (Å²) in [7, 11) is 0. The van der Waals surface area contributed by atoms with Crippen molar-refractivity contribution < 1.29 is 20.1 Å². The first-order valence-corrected chi connectivity index (χ1v) is 5.20. The number of hydrazine groups is 1. The maximum atomic E-state index is 11.3. The van der Waals surface area contributed by atoms with E-state index in [4.69, 9.17) is 10.2 Å². The van der Waals surface area contributed by atoms with E-state index in [-0.39, 0.29) is 6.42 Å². The zero-order valence-corrected chi connectivity index (χ0v) is 9.21. The largest absolute Gasteiger partial charge is 0.394 e. The van der Waals surface area contributed by atoms with Crippen LogP contribution in [0.5, 0.6) is 0 Å². The molecular formula is C11H16N2O4. The van der Waals surface area contributed by atoms with E-state index in [0.717, 1.165) is 0 Å². The van der Waals surface area contributed by atoms with E-state index >= 15 is 0 Å². The standard InChI is InChI=1S/C11H16N2O4/c14-7-10(16)9(15)6-11(17)13-12-8-4-2-1-3-5-8/h1-5,9-10,12,14-16H,6-7H2,(H,13,17). The maximum absolute atomic E-state index is 11.3. The quantitative estimate of drug-likeness (QED) is 0.420. The van der Waals surface area contributed by atoms with Crippen LogP contribution in [-0.2, 0) is 4.79 Å². The molecule has 0 aromatic heterocycles. The van der Waals surface area contributed by atoms with Gasteiger partial charge in [-0.05, 0) is 12.1 Å². The Kier molecular flexibility index (Phi) is 5.41. The lowest BCUT2D eigenvalue weighted by Crippen LogP contribution is -2.37. The summed E-state index contributed by atoms with van der Waals surface area (Å²) >= 11 is 0. The average Bonchev–Trinajstić information content (AvgIpc) is 2.36. The van der Waals surface area contributed by atoms with Gasteiger partial charge in [-0.2, -0.15) is 0 Å². The van der Waals surface area contributed by atoms with E-state index < -0.39 is 24.7 Å². The third-order valence-corrected chi connectivity index (χ3v) is 2.15. The molecule has 5 N–H and O–H groups in total. The minimum absolute atomic E-state index is 0.290. The van der Waals surface area contributed by atoms with Gasteiger partial charge in [0, 0.05) is 0 Å². The molecule has 0 aliphatic rings. The molecule has 0 aliphatic heterocycles. The third-order valence-electron chi connectivity index (χ3n) is 2.15. The molecule has 6 nitrogen and oxygen atoms in total. The first-order chi connectivity index (χ1) is 8.13. The number of nitrogens with one attached hydrogen (secondary N) is 2. The van der Waals surface area contributed by atoms with Gasteiger partial charge in [0.05, 0.1) is 24.8 Å². The van der Waals surface area contributed by atoms with E-state index in [9.17, 15) is 9.90 Å². The third kappa shape index (κ3) is 4.81. The maximum Gasteiger partial charge on any atom is 0.241 e. The van der Waals surface area contributed by atoms with Crippen LogP contribution in [0.2, 0.25) is 0 Å². The molecule has 0 radical (unpaired) electrons. The second-order valence-corrected chi connectivity index (χ2v) is 3.56. The SMILES string of the molecule is O=C(CC(O)C(O)CO)NNc1ccccc1.